The van der Waals surface area contributed by atoms with E-state index in [1.165, 1.54) is 0 Å². The number of carbonyl (C=O) groups is 2. The summed E-state index contributed by atoms with van der Waals surface area (Å²) in [5, 5.41) is 2.70. The van der Waals surface area contributed by atoms with E-state index in [0.717, 1.165) is 0 Å². The molecular weight excluding hydrogens is 246 g/mol. The number of carbonyl (C=O) groups excluding carboxylic acids is 2. The van der Waals surface area contributed by atoms with Gasteiger partial charge in [-0.05, 0) is 33.6 Å². The summed E-state index contributed by atoms with van der Waals surface area (Å²) in [7, 11) is 0. The zero-order valence-corrected chi connectivity index (χ0v) is 12.7. The van der Waals surface area contributed by atoms with Gasteiger partial charge in [0.2, 0.25) is 0 Å². The summed E-state index contributed by atoms with van der Waals surface area (Å²) < 4.78 is 10.3. The molecule has 0 rings (SSSR count). The van der Waals surface area contributed by atoms with Gasteiger partial charge in [-0.1, -0.05) is 20.4 Å². The van der Waals surface area contributed by atoms with Crippen molar-refractivity contribution >= 4 is 12.1 Å². The Bertz CT molecular complexity index is 342. The van der Waals surface area contributed by atoms with Crippen LogP contribution < -0.4 is 5.32 Å². The lowest BCUT2D eigenvalue weighted by Gasteiger charge is -2.25. The van der Waals surface area contributed by atoms with Crippen molar-refractivity contribution < 1.29 is 19.1 Å². The predicted molar refractivity (Wildman–Crippen MR) is 73.8 cm³/mol. The minimum atomic E-state index is -0.516. The Labute approximate surface area is 115 Å². The second-order valence-electron chi connectivity index (χ2n) is 5.94. The van der Waals surface area contributed by atoms with Crippen LogP contribution in [0.4, 0.5) is 4.79 Å². The first-order valence-corrected chi connectivity index (χ1v) is 6.34. The van der Waals surface area contributed by atoms with Crippen molar-refractivity contribution in [2.45, 2.75) is 53.2 Å². The van der Waals surface area contributed by atoms with E-state index >= 15 is 0 Å². The molecule has 0 aromatic rings. The minimum Gasteiger partial charge on any atom is -0.458 e. The standard InChI is InChI=1S/C14H25NO4/c1-9(2)11(8-18-12(16)10(3)4)19-13(17)15-14(5,6)7/h9,11H,3,8H2,1-2,4-7H3,(H,15,17). The lowest BCUT2D eigenvalue weighted by atomic mass is 10.1. The first kappa shape index (κ1) is 17.5. The molecule has 1 N–H and O–H groups in total. The highest BCUT2D eigenvalue weighted by Crippen LogP contribution is 2.10. The van der Waals surface area contributed by atoms with Crippen LogP contribution in [-0.4, -0.2) is 30.3 Å². The normalized spacial score (nSPS) is 12.8. The summed E-state index contributed by atoms with van der Waals surface area (Å²) in [6.45, 7) is 14.5. The SMILES string of the molecule is C=C(C)C(=O)OCC(OC(=O)NC(C)(C)C)C(C)C. The van der Waals surface area contributed by atoms with E-state index in [4.69, 9.17) is 9.47 Å². The molecule has 0 saturated carbocycles. The summed E-state index contributed by atoms with van der Waals surface area (Å²) in [6, 6.07) is 0. The van der Waals surface area contributed by atoms with Crippen LogP contribution in [0.5, 0.6) is 0 Å². The number of ether oxygens (including phenoxy) is 2. The maximum atomic E-state index is 11.7. The largest absolute Gasteiger partial charge is 0.458 e. The molecule has 0 fully saturated rings. The number of alkyl carbamates (subject to hydrolysis) is 1. The maximum absolute atomic E-state index is 11.7. The molecular formula is C14H25NO4. The third-order valence-corrected chi connectivity index (χ3v) is 2.21. The summed E-state index contributed by atoms with van der Waals surface area (Å²) in [6.07, 6.45) is -0.997. The first-order valence-electron chi connectivity index (χ1n) is 6.34. The Morgan fingerprint density at radius 1 is 1.26 bits per heavy atom. The zero-order valence-electron chi connectivity index (χ0n) is 12.7. The average molecular weight is 271 g/mol. The van der Waals surface area contributed by atoms with Crippen LogP contribution in [0.25, 0.3) is 0 Å². The zero-order chi connectivity index (χ0) is 15.2. The molecule has 1 amide bonds. The summed E-state index contributed by atoms with van der Waals surface area (Å²) >= 11 is 0. The van der Waals surface area contributed by atoms with E-state index in [9.17, 15) is 9.59 Å². The van der Waals surface area contributed by atoms with Crippen molar-refractivity contribution in [3.05, 3.63) is 12.2 Å². The van der Waals surface area contributed by atoms with Crippen molar-refractivity contribution in [3.8, 4) is 0 Å². The van der Waals surface area contributed by atoms with Crippen LogP contribution in [0.15, 0.2) is 12.2 Å². The molecule has 0 aliphatic heterocycles. The van der Waals surface area contributed by atoms with Crippen molar-refractivity contribution in [3.63, 3.8) is 0 Å². The lowest BCUT2D eigenvalue weighted by Crippen LogP contribution is -2.43. The van der Waals surface area contributed by atoms with Gasteiger partial charge in [0.15, 0.2) is 0 Å². The van der Waals surface area contributed by atoms with Crippen LogP contribution in [0.3, 0.4) is 0 Å². The van der Waals surface area contributed by atoms with E-state index in [-0.39, 0.29) is 18.1 Å². The fourth-order valence-corrected chi connectivity index (χ4v) is 1.12. The molecule has 110 valence electrons. The molecule has 5 heteroatoms. The van der Waals surface area contributed by atoms with Crippen molar-refractivity contribution in [2.75, 3.05) is 6.61 Å². The second-order valence-corrected chi connectivity index (χ2v) is 5.94. The van der Waals surface area contributed by atoms with Crippen LogP contribution in [0, 0.1) is 5.92 Å². The van der Waals surface area contributed by atoms with E-state index in [0.29, 0.717) is 5.57 Å². The molecule has 0 saturated heterocycles. The van der Waals surface area contributed by atoms with Gasteiger partial charge in [0.05, 0.1) is 0 Å². The predicted octanol–water partition coefficient (Wildman–Crippen LogP) is 2.66. The Balaban J connectivity index is 4.39. The molecule has 0 aliphatic rings. The number of hydrogen-bond donors (Lipinski definition) is 1. The quantitative estimate of drug-likeness (QED) is 0.616. The minimum absolute atomic E-state index is 0.0287. The van der Waals surface area contributed by atoms with Gasteiger partial charge >= 0.3 is 12.1 Å². The summed E-state index contributed by atoms with van der Waals surface area (Å²) in [5.41, 5.74) is -0.0471. The fraction of sp³-hybridized carbons (Fsp3) is 0.714. The molecule has 1 atom stereocenters. The highest BCUT2D eigenvalue weighted by Gasteiger charge is 2.23. The van der Waals surface area contributed by atoms with Gasteiger partial charge in [0.1, 0.15) is 12.7 Å². The smallest absolute Gasteiger partial charge is 0.407 e. The van der Waals surface area contributed by atoms with E-state index < -0.39 is 18.2 Å². The lowest BCUT2D eigenvalue weighted by molar-refractivity contribution is -0.142. The average Bonchev–Trinajstić information content (AvgIpc) is 2.20. The number of hydrogen-bond acceptors (Lipinski definition) is 4. The molecule has 0 aliphatic carbocycles. The van der Waals surface area contributed by atoms with Crippen LogP contribution >= 0.6 is 0 Å². The third kappa shape index (κ3) is 8.24. The van der Waals surface area contributed by atoms with E-state index in [1.807, 2.05) is 34.6 Å². The molecule has 0 aromatic heterocycles. The third-order valence-electron chi connectivity index (χ3n) is 2.21. The molecule has 0 spiro atoms. The van der Waals surface area contributed by atoms with E-state index in [2.05, 4.69) is 11.9 Å². The molecule has 5 nitrogen and oxygen atoms in total. The maximum Gasteiger partial charge on any atom is 0.407 e. The van der Waals surface area contributed by atoms with Gasteiger partial charge < -0.3 is 14.8 Å². The number of rotatable bonds is 5. The molecule has 1 unspecified atom stereocenters. The van der Waals surface area contributed by atoms with Gasteiger partial charge in [0, 0.05) is 11.1 Å². The van der Waals surface area contributed by atoms with Gasteiger partial charge in [0.25, 0.3) is 0 Å². The molecule has 0 radical (unpaired) electrons. The second kappa shape index (κ2) is 7.16. The van der Waals surface area contributed by atoms with Gasteiger partial charge in [-0.25, -0.2) is 9.59 Å². The van der Waals surface area contributed by atoms with E-state index in [1.54, 1.807) is 6.92 Å². The molecule has 0 aromatic carbocycles. The monoisotopic (exact) mass is 271 g/mol. The van der Waals surface area contributed by atoms with Crippen molar-refractivity contribution in [2.24, 2.45) is 5.92 Å². The fourth-order valence-electron chi connectivity index (χ4n) is 1.12. The number of nitrogens with one attached hydrogen (secondary N) is 1. The number of amides is 1. The Kier molecular flexibility index (Phi) is 6.59. The highest BCUT2D eigenvalue weighted by atomic mass is 16.6. The Hall–Kier alpha value is -1.52. The van der Waals surface area contributed by atoms with Gasteiger partial charge in [-0.2, -0.15) is 0 Å². The van der Waals surface area contributed by atoms with Crippen LogP contribution in [-0.2, 0) is 14.3 Å². The van der Waals surface area contributed by atoms with Gasteiger partial charge in [-0.3, -0.25) is 0 Å². The Morgan fingerprint density at radius 2 is 1.79 bits per heavy atom. The summed E-state index contributed by atoms with van der Waals surface area (Å²) in [4.78, 5) is 23.0. The van der Waals surface area contributed by atoms with Crippen molar-refractivity contribution in [1.82, 2.24) is 5.32 Å². The van der Waals surface area contributed by atoms with Crippen LogP contribution in [0.1, 0.15) is 41.5 Å². The number of esters is 1. The van der Waals surface area contributed by atoms with Crippen molar-refractivity contribution in [1.29, 1.82) is 0 Å². The summed E-state index contributed by atoms with van der Waals surface area (Å²) in [5.74, 6) is -0.436. The molecule has 0 bridgehead atoms. The Morgan fingerprint density at radius 3 is 2.16 bits per heavy atom. The highest BCUT2D eigenvalue weighted by molar-refractivity contribution is 5.86. The van der Waals surface area contributed by atoms with Crippen LogP contribution in [0.2, 0.25) is 0 Å². The van der Waals surface area contributed by atoms with Gasteiger partial charge in [-0.15, -0.1) is 0 Å². The molecule has 19 heavy (non-hydrogen) atoms. The topological polar surface area (TPSA) is 64.6 Å². The molecule has 0 heterocycles. The first-order chi connectivity index (χ1) is 8.53.